The molecule has 1 amide bonds. The Morgan fingerprint density at radius 2 is 1.87 bits per heavy atom. The number of amides is 1. The summed E-state index contributed by atoms with van der Waals surface area (Å²) >= 11 is 0. The number of nitrogens with zero attached hydrogens (tertiary/aromatic N) is 2. The molecule has 0 unspecified atom stereocenters. The maximum atomic E-state index is 13.8. The average Bonchev–Trinajstić information content (AvgIpc) is 2.72. The molecule has 1 aromatic heterocycles. The third-order valence-electron chi connectivity index (χ3n) is 4.58. The van der Waals surface area contributed by atoms with Crippen molar-refractivity contribution in [2.45, 2.75) is 19.6 Å². The van der Waals surface area contributed by atoms with Crippen LogP contribution in [0.4, 0.5) is 23.2 Å². The molecule has 1 heterocycles. The van der Waals surface area contributed by atoms with Gasteiger partial charge >= 0.3 is 6.18 Å². The van der Waals surface area contributed by atoms with Crippen LogP contribution < -0.4 is 9.64 Å². The van der Waals surface area contributed by atoms with Crippen molar-refractivity contribution in [3.8, 4) is 5.75 Å². The van der Waals surface area contributed by atoms with Gasteiger partial charge in [-0.3, -0.25) is 9.78 Å². The number of halogens is 4. The van der Waals surface area contributed by atoms with Crippen LogP contribution in [0.15, 0.2) is 60.9 Å². The lowest BCUT2D eigenvalue weighted by Crippen LogP contribution is -2.31. The van der Waals surface area contributed by atoms with Gasteiger partial charge in [-0.15, -0.1) is 0 Å². The molecule has 0 fully saturated rings. The molecule has 4 nitrogen and oxygen atoms in total. The Kier molecular flexibility index (Phi) is 6.05. The second kappa shape index (κ2) is 8.52. The highest BCUT2D eigenvalue weighted by molar-refractivity contribution is 6.07. The van der Waals surface area contributed by atoms with Crippen LogP contribution in [-0.2, 0) is 12.7 Å². The number of aryl methyl sites for hydroxylation is 1. The number of anilines is 1. The fourth-order valence-electron chi connectivity index (χ4n) is 3.04. The Balaban J connectivity index is 2.13. The molecule has 8 heteroatoms. The summed E-state index contributed by atoms with van der Waals surface area (Å²) in [6.07, 6.45) is -1.99. The minimum atomic E-state index is -4.90. The van der Waals surface area contributed by atoms with Gasteiger partial charge in [0.15, 0.2) is 0 Å². The minimum Gasteiger partial charge on any atom is -0.496 e. The van der Waals surface area contributed by atoms with E-state index in [1.807, 2.05) is 0 Å². The Morgan fingerprint density at radius 3 is 2.53 bits per heavy atom. The third-order valence-corrected chi connectivity index (χ3v) is 4.58. The predicted molar refractivity (Wildman–Crippen MR) is 104 cm³/mol. The lowest BCUT2D eigenvalue weighted by Gasteiger charge is -2.25. The highest BCUT2D eigenvalue weighted by Gasteiger charge is 2.35. The van der Waals surface area contributed by atoms with Crippen molar-refractivity contribution >= 4 is 11.6 Å². The molecular formula is C22H18F4N2O2. The Hall–Kier alpha value is -3.42. The van der Waals surface area contributed by atoms with E-state index in [0.717, 1.165) is 11.0 Å². The van der Waals surface area contributed by atoms with Gasteiger partial charge in [0.25, 0.3) is 5.91 Å². The number of carbonyl (C=O) groups is 1. The van der Waals surface area contributed by atoms with Crippen LogP contribution in [0, 0.1) is 12.7 Å². The summed E-state index contributed by atoms with van der Waals surface area (Å²) in [5, 5.41) is 0. The van der Waals surface area contributed by atoms with Gasteiger partial charge in [-0.2, -0.15) is 13.2 Å². The van der Waals surface area contributed by atoms with Gasteiger partial charge in [-0.1, -0.05) is 18.2 Å². The van der Waals surface area contributed by atoms with Crippen molar-refractivity contribution in [3.05, 3.63) is 89.0 Å². The number of pyridine rings is 1. The number of carbonyl (C=O) groups excluding carboxylic acids is 1. The second-order valence-corrected chi connectivity index (χ2v) is 6.56. The van der Waals surface area contributed by atoms with Gasteiger partial charge < -0.3 is 9.64 Å². The zero-order valence-corrected chi connectivity index (χ0v) is 16.2. The van der Waals surface area contributed by atoms with Gasteiger partial charge in [-0.25, -0.2) is 4.39 Å². The van der Waals surface area contributed by atoms with Gasteiger partial charge in [0.1, 0.15) is 11.6 Å². The maximum Gasteiger partial charge on any atom is 0.419 e. The predicted octanol–water partition coefficient (Wildman–Crippen LogP) is 5.40. The Morgan fingerprint density at radius 1 is 1.13 bits per heavy atom. The van der Waals surface area contributed by atoms with Crippen LogP contribution in [0.2, 0.25) is 0 Å². The van der Waals surface area contributed by atoms with Crippen molar-refractivity contribution in [2.24, 2.45) is 0 Å². The van der Waals surface area contributed by atoms with E-state index in [9.17, 15) is 22.4 Å². The molecule has 30 heavy (non-hydrogen) atoms. The first kappa shape index (κ1) is 21.3. The first-order chi connectivity index (χ1) is 14.2. The smallest absolute Gasteiger partial charge is 0.419 e. The second-order valence-electron chi connectivity index (χ2n) is 6.56. The largest absolute Gasteiger partial charge is 0.496 e. The minimum absolute atomic E-state index is 0.0759. The number of methoxy groups -OCH3 is 1. The SMILES string of the molecule is COc1ccccc1CN(C(=O)c1ccncc1C)c1ccc(F)c(C(F)(F)F)c1. The highest BCUT2D eigenvalue weighted by atomic mass is 19.4. The van der Waals surface area contributed by atoms with Crippen molar-refractivity contribution in [1.82, 2.24) is 4.98 Å². The molecule has 0 aliphatic heterocycles. The third kappa shape index (κ3) is 4.42. The van der Waals surface area contributed by atoms with E-state index in [1.54, 1.807) is 31.2 Å². The van der Waals surface area contributed by atoms with Crippen LogP contribution in [-0.4, -0.2) is 18.0 Å². The summed E-state index contributed by atoms with van der Waals surface area (Å²) in [7, 11) is 1.46. The van der Waals surface area contributed by atoms with Crippen molar-refractivity contribution in [2.75, 3.05) is 12.0 Å². The van der Waals surface area contributed by atoms with Gasteiger partial charge in [0, 0.05) is 29.2 Å². The number of benzene rings is 2. The van der Waals surface area contributed by atoms with Crippen LogP contribution in [0.1, 0.15) is 27.0 Å². The first-order valence-electron chi connectivity index (χ1n) is 8.93. The summed E-state index contributed by atoms with van der Waals surface area (Å²) in [4.78, 5) is 18.4. The summed E-state index contributed by atoms with van der Waals surface area (Å²) in [5.41, 5.74) is -0.110. The number of hydrogen-bond donors (Lipinski definition) is 0. The summed E-state index contributed by atoms with van der Waals surface area (Å²) in [6.45, 7) is 1.60. The molecule has 0 saturated heterocycles. The molecule has 156 valence electrons. The zero-order chi connectivity index (χ0) is 21.9. The molecule has 0 atom stereocenters. The van der Waals surface area contributed by atoms with Crippen LogP contribution in [0.5, 0.6) is 5.75 Å². The van der Waals surface area contributed by atoms with Crippen LogP contribution >= 0.6 is 0 Å². The summed E-state index contributed by atoms with van der Waals surface area (Å²) in [6, 6.07) is 10.8. The maximum absolute atomic E-state index is 13.8. The molecule has 0 aliphatic rings. The summed E-state index contributed by atoms with van der Waals surface area (Å²) < 4.78 is 58.9. The number of para-hydroxylation sites is 1. The van der Waals surface area contributed by atoms with E-state index in [2.05, 4.69) is 4.98 Å². The highest BCUT2D eigenvalue weighted by Crippen LogP contribution is 2.35. The fourth-order valence-corrected chi connectivity index (χ4v) is 3.04. The molecule has 0 radical (unpaired) electrons. The molecule has 0 saturated carbocycles. The van der Waals surface area contributed by atoms with Gasteiger partial charge in [0.2, 0.25) is 0 Å². The molecule has 0 spiro atoms. The van der Waals surface area contributed by atoms with Gasteiger partial charge in [0.05, 0.1) is 19.2 Å². The van der Waals surface area contributed by atoms with Crippen molar-refractivity contribution in [3.63, 3.8) is 0 Å². The molecular weight excluding hydrogens is 400 g/mol. The molecule has 0 bridgehead atoms. The average molecular weight is 418 g/mol. The number of rotatable bonds is 5. The zero-order valence-electron chi connectivity index (χ0n) is 16.2. The van der Waals surface area contributed by atoms with E-state index in [4.69, 9.17) is 4.74 Å². The van der Waals surface area contributed by atoms with Crippen LogP contribution in [0.25, 0.3) is 0 Å². The monoisotopic (exact) mass is 418 g/mol. The van der Waals surface area contributed by atoms with Crippen molar-refractivity contribution < 1.29 is 27.1 Å². The van der Waals surface area contributed by atoms with Gasteiger partial charge in [-0.05, 0) is 42.8 Å². The van der Waals surface area contributed by atoms with E-state index >= 15 is 0 Å². The normalized spacial score (nSPS) is 11.3. The first-order valence-corrected chi connectivity index (χ1v) is 8.93. The standard InChI is InChI=1S/C22H18F4N2O2/c1-14-12-27-10-9-17(14)21(29)28(13-15-5-3-4-6-20(15)30-2)16-7-8-19(23)18(11-16)22(24,25)26/h3-12H,13H2,1-2H3. The quantitative estimate of drug-likeness (QED) is 0.521. The topological polar surface area (TPSA) is 42.4 Å². The molecule has 0 N–H and O–H groups in total. The van der Waals surface area contributed by atoms with E-state index in [0.29, 0.717) is 29.0 Å². The number of hydrogen-bond acceptors (Lipinski definition) is 3. The van der Waals surface area contributed by atoms with E-state index in [1.165, 1.54) is 25.6 Å². The van der Waals surface area contributed by atoms with E-state index in [-0.39, 0.29) is 17.8 Å². The summed E-state index contributed by atoms with van der Waals surface area (Å²) in [5.74, 6) is -1.48. The van der Waals surface area contributed by atoms with Crippen LogP contribution in [0.3, 0.4) is 0 Å². The Labute approximate surface area is 170 Å². The van der Waals surface area contributed by atoms with Crippen molar-refractivity contribution in [1.29, 1.82) is 0 Å². The molecule has 3 aromatic rings. The number of ether oxygens (including phenoxy) is 1. The lowest BCUT2D eigenvalue weighted by molar-refractivity contribution is -0.139. The molecule has 2 aromatic carbocycles. The molecule has 3 rings (SSSR count). The number of alkyl halides is 3. The number of aromatic nitrogens is 1. The van der Waals surface area contributed by atoms with E-state index < -0.39 is 23.5 Å². The lowest BCUT2D eigenvalue weighted by atomic mass is 10.1. The molecule has 0 aliphatic carbocycles. The fraction of sp³-hybridized carbons (Fsp3) is 0.182. The Bertz CT molecular complexity index is 1070.